The first kappa shape index (κ1) is 14.9. The normalized spacial score (nSPS) is 12.2. The van der Waals surface area contributed by atoms with Crippen LogP contribution in [-0.2, 0) is 17.9 Å². The SMILES string of the molecule is Brc1ccc(CO[C@H](Cn2cncn2)c2ccccc2)cc1. The minimum Gasteiger partial charge on any atom is -0.367 e. The summed E-state index contributed by atoms with van der Waals surface area (Å²) in [6.45, 7) is 1.20. The Morgan fingerprint density at radius 3 is 2.50 bits per heavy atom. The molecule has 0 amide bonds. The summed E-state index contributed by atoms with van der Waals surface area (Å²) in [6, 6.07) is 18.3. The molecule has 0 saturated carbocycles. The molecular formula is C17H16BrN3O. The van der Waals surface area contributed by atoms with Crippen LogP contribution in [0.5, 0.6) is 0 Å². The van der Waals surface area contributed by atoms with Crippen LogP contribution in [0, 0.1) is 0 Å². The molecule has 1 aromatic heterocycles. The van der Waals surface area contributed by atoms with E-state index in [0.29, 0.717) is 13.2 Å². The molecule has 0 radical (unpaired) electrons. The Hall–Kier alpha value is -1.98. The Balaban J connectivity index is 1.72. The molecule has 0 saturated heterocycles. The van der Waals surface area contributed by atoms with E-state index in [4.69, 9.17) is 4.74 Å². The van der Waals surface area contributed by atoms with Crippen molar-refractivity contribution in [3.63, 3.8) is 0 Å². The van der Waals surface area contributed by atoms with E-state index in [0.717, 1.165) is 15.6 Å². The van der Waals surface area contributed by atoms with Gasteiger partial charge in [0.15, 0.2) is 0 Å². The first-order chi connectivity index (χ1) is 10.8. The molecular weight excluding hydrogens is 342 g/mol. The third-order valence-electron chi connectivity index (χ3n) is 3.36. The molecule has 4 nitrogen and oxygen atoms in total. The molecule has 3 rings (SSSR count). The standard InChI is InChI=1S/C17H16BrN3O/c18-16-8-6-14(7-9-16)11-22-17(10-21-13-19-12-20-21)15-4-2-1-3-5-15/h1-9,12-13,17H,10-11H2/t17-/m1/s1. The van der Waals surface area contributed by atoms with Crippen molar-refractivity contribution in [3.05, 3.63) is 82.9 Å². The van der Waals surface area contributed by atoms with Crippen molar-refractivity contribution >= 4 is 15.9 Å². The smallest absolute Gasteiger partial charge is 0.137 e. The minimum atomic E-state index is -0.0634. The van der Waals surface area contributed by atoms with E-state index in [1.54, 1.807) is 11.0 Å². The lowest BCUT2D eigenvalue weighted by Crippen LogP contribution is -2.13. The summed E-state index contributed by atoms with van der Waals surface area (Å²) >= 11 is 3.44. The largest absolute Gasteiger partial charge is 0.367 e. The second-order valence-corrected chi connectivity index (χ2v) is 5.87. The van der Waals surface area contributed by atoms with Crippen LogP contribution in [0.4, 0.5) is 0 Å². The number of rotatable bonds is 6. The summed E-state index contributed by atoms with van der Waals surface area (Å²) in [5.74, 6) is 0. The molecule has 5 heteroatoms. The lowest BCUT2D eigenvalue weighted by molar-refractivity contribution is 0.0256. The van der Waals surface area contributed by atoms with Gasteiger partial charge in [-0.2, -0.15) is 5.10 Å². The second-order valence-electron chi connectivity index (χ2n) is 4.95. The molecule has 1 atom stereocenters. The Labute approximate surface area is 137 Å². The van der Waals surface area contributed by atoms with E-state index < -0.39 is 0 Å². The first-order valence-electron chi connectivity index (χ1n) is 7.04. The maximum atomic E-state index is 6.12. The number of hydrogen-bond donors (Lipinski definition) is 0. The molecule has 3 aromatic rings. The Morgan fingerprint density at radius 2 is 1.82 bits per heavy atom. The molecule has 0 unspecified atom stereocenters. The highest BCUT2D eigenvalue weighted by Crippen LogP contribution is 2.21. The summed E-state index contributed by atoms with van der Waals surface area (Å²) in [7, 11) is 0. The van der Waals surface area contributed by atoms with Crippen molar-refractivity contribution in [2.24, 2.45) is 0 Å². The van der Waals surface area contributed by atoms with Gasteiger partial charge in [-0.15, -0.1) is 0 Å². The minimum absolute atomic E-state index is 0.0634. The summed E-state index contributed by atoms with van der Waals surface area (Å²) in [4.78, 5) is 3.99. The van der Waals surface area contributed by atoms with E-state index in [9.17, 15) is 0 Å². The van der Waals surface area contributed by atoms with Gasteiger partial charge in [0, 0.05) is 4.47 Å². The quantitative estimate of drug-likeness (QED) is 0.669. The molecule has 22 heavy (non-hydrogen) atoms. The summed E-state index contributed by atoms with van der Waals surface area (Å²) < 4.78 is 8.98. The highest BCUT2D eigenvalue weighted by atomic mass is 79.9. The summed E-state index contributed by atoms with van der Waals surface area (Å²) in [5, 5.41) is 4.17. The van der Waals surface area contributed by atoms with Crippen molar-refractivity contribution < 1.29 is 4.74 Å². The molecule has 2 aromatic carbocycles. The zero-order chi connectivity index (χ0) is 15.2. The number of benzene rings is 2. The highest BCUT2D eigenvalue weighted by Gasteiger charge is 2.13. The molecule has 0 aliphatic carbocycles. The molecule has 0 spiro atoms. The van der Waals surface area contributed by atoms with Gasteiger partial charge in [-0.3, -0.25) is 4.68 Å². The fourth-order valence-corrected chi connectivity index (χ4v) is 2.46. The fourth-order valence-electron chi connectivity index (χ4n) is 2.20. The van der Waals surface area contributed by atoms with Crippen LogP contribution in [0.3, 0.4) is 0 Å². The van der Waals surface area contributed by atoms with Crippen LogP contribution in [0.1, 0.15) is 17.2 Å². The maximum Gasteiger partial charge on any atom is 0.137 e. The summed E-state index contributed by atoms with van der Waals surface area (Å²) in [5.41, 5.74) is 2.28. The number of hydrogen-bond acceptors (Lipinski definition) is 3. The van der Waals surface area contributed by atoms with Crippen molar-refractivity contribution in [3.8, 4) is 0 Å². The zero-order valence-corrected chi connectivity index (χ0v) is 13.6. The molecule has 1 heterocycles. The molecule has 112 valence electrons. The van der Waals surface area contributed by atoms with Gasteiger partial charge in [0.1, 0.15) is 18.8 Å². The molecule has 0 aliphatic rings. The van der Waals surface area contributed by atoms with E-state index in [1.165, 1.54) is 6.33 Å². The van der Waals surface area contributed by atoms with Gasteiger partial charge in [0.2, 0.25) is 0 Å². The Kier molecular flexibility index (Phi) is 4.98. The Morgan fingerprint density at radius 1 is 1.05 bits per heavy atom. The number of aromatic nitrogens is 3. The molecule has 0 N–H and O–H groups in total. The third kappa shape index (κ3) is 4.02. The van der Waals surface area contributed by atoms with E-state index in [1.807, 2.05) is 30.3 Å². The van der Waals surface area contributed by atoms with E-state index in [-0.39, 0.29) is 6.10 Å². The lowest BCUT2D eigenvalue weighted by Gasteiger charge is -2.18. The van der Waals surface area contributed by atoms with Gasteiger partial charge < -0.3 is 4.74 Å². The molecule has 0 bridgehead atoms. The van der Waals surface area contributed by atoms with E-state index in [2.05, 4.69) is 50.3 Å². The van der Waals surface area contributed by atoms with Gasteiger partial charge in [0.25, 0.3) is 0 Å². The van der Waals surface area contributed by atoms with Gasteiger partial charge in [-0.25, -0.2) is 4.98 Å². The van der Waals surface area contributed by atoms with Crippen molar-refractivity contribution in [1.82, 2.24) is 14.8 Å². The predicted octanol–water partition coefficient (Wildman–Crippen LogP) is 4.00. The maximum absolute atomic E-state index is 6.12. The average Bonchev–Trinajstić information content (AvgIpc) is 3.07. The lowest BCUT2D eigenvalue weighted by atomic mass is 10.1. The van der Waals surface area contributed by atoms with Gasteiger partial charge in [-0.1, -0.05) is 58.4 Å². The van der Waals surface area contributed by atoms with Gasteiger partial charge in [-0.05, 0) is 23.3 Å². The van der Waals surface area contributed by atoms with Crippen LogP contribution in [-0.4, -0.2) is 14.8 Å². The van der Waals surface area contributed by atoms with Crippen LogP contribution in [0.15, 0.2) is 71.7 Å². The van der Waals surface area contributed by atoms with Gasteiger partial charge >= 0.3 is 0 Å². The predicted molar refractivity (Wildman–Crippen MR) is 88.1 cm³/mol. The van der Waals surface area contributed by atoms with Crippen molar-refractivity contribution in [2.45, 2.75) is 19.3 Å². The molecule has 0 fully saturated rings. The Bertz CT molecular complexity index is 684. The highest BCUT2D eigenvalue weighted by molar-refractivity contribution is 9.10. The zero-order valence-electron chi connectivity index (χ0n) is 12.0. The van der Waals surface area contributed by atoms with E-state index >= 15 is 0 Å². The number of halogens is 1. The second kappa shape index (κ2) is 7.33. The van der Waals surface area contributed by atoms with Crippen LogP contribution < -0.4 is 0 Å². The third-order valence-corrected chi connectivity index (χ3v) is 3.88. The first-order valence-corrected chi connectivity index (χ1v) is 7.84. The van der Waals surface area contributed by atoms with Gasteiger partial charge in [0.05, 0.1) is 13.2 Å². The van der Waals surface area contributed by atoms with Crippen molar-refractivity contribution in [1.29, 1.82) is 0 Å². The van der Waals surface area contributed by atoms with Crippen LogP contribution >= 0.6 is 15.9 Å². The van der Waals surface area contributed by atoms with Crippen LogP contribution in [0.25, 0.3) is 0 Å². The number of ether oxygens (including phenoxy) is 1. The topological polar surface area (TPSA) is 39.9 Å². The fraction of sp³-hybridized carbons (Fsp3) is 0.176. The average molecular weight is 358 g/mol. The molecule has 0 aliphatic heterocycles. The summed E-state index contributed by atoms with van der Waals surface area (Å²) in [6.07, 6.45) is 3.18. The van der Waals surface area contributed by atoms with Crippen molar-refractivity contribution in [2.75, 3.05) is 0 Å². The van der Waals surface area contributed by atoms with Crippen LogP contribution in [0.2, 0.25) is 0 Å². The number of nitrogens with zero attached hydrogens (tertiary/aromatic N) is 3. The monoisotopic (exact) mass is 357 g/mol.